The molecule has 0 aromatic heterocycles. The third-order valence-electron chi connectivity index (χ3n) is 4.22. The minimum atomic E-state index is -0.406. The molecule has 0 aliphatic carbocycles. The third kappa shape index (κ3) is 3.76. The zero-order chi connectivity index (χ0) is 17.5. The van der Waals surface area contributed by atoms with Gasteiger partial charge in [0.15, 0.2) is 0 Å². The van der Waals surface area contributed by atoms with Gasteiger partial charge in [-0.05, 0) is 54.8 Å². The molecule has 2 aromatic carbocycles. The van der Waals surface area contributed by atoms with Gasteiger partial charge < -0.3 is 4.74 Å². The van der Waals surface area contributed by atoms with Crippen molar-refractivity contribution in [1.82, 2.24) is 0 Å². The van der Waals surface area contributed by atoms with Gasteiger partial charge in [-0.15, -0.1) is 0 Å². The lowest BCUT2D eigenvalue weighted by molar-refractivity contribution is -0.00403. The number of hydrogen-bond acceptors (Lipinski definition) is 1. The summed E-state index contributed by atoms with van der Waals surface area (Å²) in [6, 6.07) is 11.0. The van der Waals surface area contributed by atoms with Crippen LogP contribution in [0.1, 0.15) is 37.5 Å². The van der Waals surface area contributed by atoms with E-state index in [0.29, 0.717) is 20.1 Å². The van der Waals surface area contributed by atoms with Gasteiger partial charge >= 0.3 is 0 Å². The molecular weight excluding hydrogens is 386 g/mol. The first-order valence-electron chi connectivity index (χ1n) is 7.55. The zero-order valence-corrected chi connectivity index (χ0v) is 16.3. The highest BCUT2D eigenvalue weighted by atomic mass is 35.5. The average molecular weight is 402 g/mol. The van der Waals surface area contributed by atoms with Crippen molar-refractivity contribution >= 4 is 52.5 Å². The minimum Gasteiger partial charge on any atom is -0.363 e. The van der Waals surface area contributed by atoms with Gasteiger partial charge in [0.2, 0.25) is 0 Å². The van der Waals surface area contributed by atoms with E-state index in [2.05, 4.69) is 6.08 Å². The average Bonchev–Trinajstić information content (AvgIpc) is 2.76. The van der Waals surface area contributed by atoms with E-state index in [4.69, 9.17) is 51.1 Å². The molecule has 0 saturated carbocycles. The van der Waals surface area contributed by atoms with Crippen LogP contribution in [0.25, 0.3) is 6.08 Å². The summed E-state index contributed by atoms with van der Waals surface area (Å²) < 4.78 is 6.24. The first-order chi connectivity index (χ1) is 11.3. The molecule has 0 radical (unpaired) electrons. The highest BCUT2D eigenvalue weighted by Crippen LogP contribution is 2.46. The summed E-state index contributed by atoms with van der Waals surface area (Å²) in [7, 11) is 0. The standard InChI is InChI=1S/C19H16Cl4O/c1-19(2)12(7-11-3-4-13(20)9-16(11)22)8-18(24-19)15-6-5-14(21)10-17(15)23/h3-7,9-10,18H,8H2,1-2H3/b12-7-. The predicted molar refractivity (Wildman–Crippen MR) is 103 cm³/mol. The van der Waals surface area contributed by atoms with Crippen molar-refractivity contribution in [3.05, 3.63) is 73.2 Å². The number of rotatable bonds is 2. The van der Waals surface area contributed by atoms with Gasteiger partial charge in [0.05, 0.1) is 11.7 Å². The second-order valence-corrected chi connectivity index (χ2v) is 8.01. The molecule has 0 bridgehead atoms. The van der Waals surface area contributed by atoms with E-state index < -0.39 is 5.60 Å². The molecule has 0 N–H and O–H groups in total. The Morgan fingerprint density at radius 1 is 0.958 bits per heavy atom. The molecule has 1 nitrogen and oxygen atoms in total. The van der Waals surface area contributed by atoms with Crippen LogP contribution in [0.5, 0.6) is 0 Å². The van der Waals surface area contributed by atoms with Crippen molar-refractivity contribution in [3.8, 4) is 0 Å². The lowest BCUT2D eigenvalue weighted by Crippen LogP contribution is -2.20. The molecule has 0 spiro atoms. The molecule has 1 heterocycles. The summed E-state index contributed by atoms with van der Waals surface area (Å²) in [4.78, 5) is 0. The van der Waals surface area contributed by atoms with E-state index in [-0.39, 0.29) is 6.10 Å². The summed E-state index contributed by atoms with van der Waals surface area (Å²) in [6.07, 6.45) is 2.71. The quantitative estimate of drug-likeness (QED) is 0.502. The molecule has 24 heavy (non-hydrogen) atoms. The Hall–Kier alpha value is -0.700. The van der Waals surface area contributed by atoms with Crippen LogP contribution in [0, 0.1) is 0 Å². The maximum atomic E-state index is 6.33. The predicted octanol–water partition coefficient (Wildman–Crippen LogP) is 7.62. The lowest BCUT2D eigenvalue weighted by atomic mass is 9.93. The molecule has 1 unspecified atom stereocenters. The summed E-state index contributed by atoms with van der Waals surface area (Å²) in [5, 5.41) is 2.48. The van der Waals surface area contributed by atoms with Crippen LogP contribution >= 0.6 is 46.4 Å². The Balaban J connectivity index is 1.94. The van der Waals surface area contributed by atoms with Gasteiger partial charge in [0, 0.05) is 26.5 Å². The second-order valence-electron chi connectivity index (χ2n) is 6.32. The van der Waals surface area contributed by atoms with E-state index in [1.165, 1.54) is 0 Å². The number of benzene rings is 2. The highest BCUT2D eigenvalue weighted by Gasteiger charge is 2.38. The first kappa shape index (κ1) is 18.1. The highest BCUT2D eigenvalue weighted by molar-refractivity contribution is 6.35. The second kappa shape index (κ2) is 6.90. The molecular formula is C19H16Cl4O. The SMILES string of the molecule is CC1(C)OC(c2ccc(Cl)cc2Cl)C/C1=C/c1ccc(Cl)cc1Cl. The molecule has 1 atom stereocenters. The van der Waals surface area contributed by atoms with Crippen molar-refractivity contribution < 1.29 is 4.74 Å². The summed E-state index contributed by atoms with van der Waals surface area (Å²) >= 11 is 24.6. The Kier molecular flexibility index (Phi) is 5.20. The largest absolute Gasteiger partial charge is 0.363 e. The van der Waals surface area contributed by atoms with Crippen LogP contribution in [0.4, 0.5) is 0 Å². The lowest BCUT2D eigenvalue weighted by Gasteiger charge is -2.21. The Morgan fingerprint density at radius 2 is 1.58 bits per heavy atom. The molecule has 1 aliphatic heterocycles. The van der Waals surface area contributed by atoms with Crippen LogP contribution in [-0.2, 0) is 4.74 Å². The molecule has 2 aromatic rings. The van der Waals surface area contributed by atoms with E-state index in [1.54, 1.807) is 12.1 Å². The van der Waals surface area contributed by atoms with E-state index in [9.17, 15) is 0 Å². The molecule has 126 valence electrons. The molecule has 3 rings (SSSR count). The maximum absolute atomic E-state index is 6.33. The minimum absolute atomic E-state index is 0.109. The smallest absolute Gasteiger partial charge is 0.0889 e. The molecule has 1 saturated heterocycles. The fraction of sp³-hybridized carbons (Fsp3) is 0.263. The summed E-state index contributed by atoms with van der Waals surface area (Å²) in [6.45, 7) is 4.10. The van der Waals surface area contributed by atoms with Crippen LogP contribution in [0.3, 0.4) is 0 Å². The third-order valence-corrected chi connectivity index (χ3v) is 5.34. The van der Waals surface area contributed by atoms with Crippen molar-refractivity contribution in [2.75, 3.05) is 0 Å². The molecule has 5 heteroatoms. The van der Waals surface area contributed by atoms with E-state index in [0.717, 1.165) is 23.1 Å². The van der Waals surface area contributed by atoms with Gasteiger partial charge in [-0.3, -0.25) is 0 Å². The molecule has 1 aliphatic rings. The summed E-state index contributed by atoms with van der Waals surface area (Å²) in [5.41, 5.74) is 2.62. The van der Waals surface area contributed by atoms with Crippen LogP contribution in [0.15, 0.2) is 42.0 Å². The van der Waals surface area contributed by atoms with Crippen molar-refractivity contribution in [3.63, 3.8) is 0 Å². The van der Waals surface area contributed by atoms with E-state index >= 15 is 0 Å². The Morgan fingerprint density at radius 3 is 2.21 bits per heavy atom. The zero-order valence-electron chi connectivity index (χ0n) is 13.2. The topological polar surface area (TPSA) is 9.23 Å². The number of hydrogen-bond donors (Lipinski definition) is 0. The van der Waals surface area contributed by atoms with Gasteiger partial charge in [-0.2, -0.15) is 0 Å². The van der Waals surface area contributed by atoms with Crippen LogP contribution < -0.4 is 0 Å². The van der Waals surface area contributed by atoms with Crippen molar-refractivity contribution in [2.24, 2.45) is 0 Å². The fourth-order valence-electron chi connectivity index (χ4n) is 2.89. The van der Waals surface area contributed by atoms with Gasteiger partial charge in [-0.25, -0.2) is 0 Å². The van der Waals surface area contributed by atoms with Gasteiger partial charge in [0.25, 0.3) is 0 Å². The Bertz CT molecular complexity index is 811. The van der Waals surface area contributed by atoms with E-state index in [1.807, 2.05) is 38.1 Å². The van der Waals surface area contributed by atoms with Crippen LogP contribution in [0.2, 0.25) is 20.1 Å². The van der Waals surface area contributed by atoms with Gasteiger partial charge in [0.1, 0.15) is 0 Å². The number of halogens is 4. The van der Waals surface area contributed by atoms with Crippen molar-refractivity contribution in [2.45, 2.75) is 32.0 Å². The normalized spacial score (nSPS) is 21.4. The maximum Gasteiger partial charge on any atom is 0.0889 e. The number of ether oxygens (including phenoxy) is 1. The van der Waals surface area contributed by atoms with Crippen LogP contribution in [-0.4, -0.2) is 5.60 Å². The summed E-state index contributed by atoms with van der Waals surface area (Å²) in [5.74, 6) is 0. The molecule has 1 fully saturated rings. The Labute approximate surface area is 162 Å². The van der Waals surface area contributed by atoms with Crippen molar-refractivity contribution in [1.29, 1.82) is 0 Å². The van der Waals surface area contributed by atoms with Gasteiger partial charge in [-0.1, -0.05) is 64.6 Å². The first-order valence-corrected chi connectivity index (χ1v) is 9.06. The molecule has 0 amide bonds. The monoisotopic (exact) mass is 400 g/mol. The fourth-order valence-corrected chi connectivity index (χ4v) is 3.89.